The van der Waals surface area contributed by atoms with Gasteiger partial charge in [-0.25, -0.2) is 0 Å². The van der Waals surface area contributed by atoms with Gasteiger partial charge in [0.25, 0.3) is 0 Å². The van der Waals surface area contributed by atoms with Crippen molar-refractivity contribution in [3.63, 3.8) is 0 Å². The highest BCUT2D eigenvalue weighted by Crippen LogP contribution is 2.23. The molecule has 2 nitrogen and oxygen atoms in total. The van der Waals surface area contributed by atoms with Gasteiger partial charge in [0, 0.05) is 17.1 Å². The van der Waals surface area contributed by atoms with Crippen molar-refractivity contribution in [3.8, 4) is 0 Å². The first-order chi connectivity index (χ1) is 9.24. The van der Waals surface area contributed by atoms with Crippen molar-refractivity contribution in [1.82, 2.24) is 0 Å². The summed E-state index contributed by atoms with van der Waals surface area (Å²) in [6.45, 7) is 6.09. The molecule has 3 heteroatoms. The van der Waals surface area contributed by atoms with Crippen LogP contribution in [-0.4, -0.2) is 11.7 Å². The van der Waals surface area contributed by atoms with Crippen LogP contribution in [0.5, 0.6) is 0 Å². The number of aliphatic hydroxyl groups is 1. The van der Waals surface area contributed by atoms with E-state index in [2.05, 4.69) is 41.5 Å². The molecule has 0 saturated heterocycles. The fourth-order valence-electron chi connectivity index (χ4n) is 2.12. The normalized spacial score (nSPS) is 12.4. The molecule has 1 N–H and O–H groups in total. The highest BCUT2D eigenvalue weighted by Gasteiger charge is 2.08. The standard InChI is InChI=1S/C16H21NOS/c1-3-16(18)13-7-9-14(10-8-13)17(4-2)12-15-6-5-11-19-15/h5-11,16,18H,3-4,12H2,1-2H3. The summed E-state index contributed by atoms with van der Waals surface area (Å²) in [4.78, 5) is 3.72. The molecule has 19 heavy (non-hydrogen) atoms. The molecule has 0 radical (unpaired) electrons. The lowest BCUT2D eigenvalue weighted by Crippen LogP contribution is -2.21. The van der Waals surface area contributed by atoms with E-state index in [1.165, 1.54) is 10.6 Å². The van der Waals surface area contributed by atoms with Crippen LogP contribution >= 0.6 is 11.3 Å². The zero-order valence-corrected chi connectivity index (χ0v) is 12.4. The number of thiophene rings is 1. The second kappa shape index (κ2) is 6.73. The summed E-state index contributed by atoms with van der Waals surface area (Å²) in [5.74, 6) is 0. The van der Waals surface area contributed by atoms with Gasteiger partial charge in [0.1, 0.15) is 0 Å². The van der Waals surface area contributed by atoms with Crippen LogP contribution in [0.4, 0.5) is 5.69 Å². The predicted octanol–water partition coefficient (Wildman–Crippen LogP) is 4.22. The molecular weight excluding hydrogens is 254 g/mol. The van der Waals surface area contributed by atoms with Gasteiger partial charge < -0.3 is 10.0 Å². The lowest BCUT2D eigenvalue weighted by Gasteiger charge is -2.23. The Morgan fingerprint density at radius 1 is 1.16 bits per heavy atom. The van der Waals surface area contributed by atoms with Gasteiger partial charge in [-0.2, -0.15) is 0 Å². The summed E-state index contributed by atoms with van der Waals surface area (Å²) in [5, 5.41) is 11.9. The van der Waals surface area contributed by atoms with Gasteiger partial charge in [-0.05, 0) is 42.5 Å². The first-order valence-corrected chi connectivity index (χ1v) is 7.68. The van der Waals surface area contributed by atoms with Gasteiger partial charge >= 0.3 is 0 Å². The van der Waals surface area contributed by atoms with Crippen molar-refractivity contribution in [2.45, 2.75) is 32.9 Å². The lowest BCUT2D eigenvalue weighted by atomic mass is 10.1. The SMILES string of the molecule is CCC(O)c1ccc(N(CC)Cc2cccs2)cc1. The van der Waals surface area contributed by atoms with Crippen LogP contribution in [0.3, 0.4) is 0 Å². The van der Waals surface area contributed by atoms with Crippen LogP contribution in [0, 0.1) is 0 Å². The minimum absolute atomic E-state index is 0.346. The molecule has 1 unspecified atom stereocenters. The van der Waals surface area contributed by atoms with Crippen molar-refractivity contribution in [1.29, 1.82) is 0 Å². The molecule has 0 spiro atoms. The van der Waals surface area contributed by atoms with Crippen molar-refractivity contribution in [2.24, 2.45) is 0 Å². The molecule has 1 atom stereocenters. The van der Waals surface area contributed by atoms with E-state index in [1.807, 2.05) is 19.1 Å². The Morgan fingerprint density at radius 3 is 2.42 bits per heavy atom. The molecule has 0 aliphatic heterocycles. The van der Waals surface area contributed by atoms with E-state index in [-0.39, 0.29) is 6.10 Å². The second-order valence-electron chi connectivity index (χ2n) is 4.61. The van der Waals surface area contributed by atoms with Crippen molar-refractivity contribution < 1.29 is 5.11 Å². The fraction of sp³-hybridized carbons (Fsp3) is 0.375. The third-order valence-corrected chi connectivity index (χ3v) is 4.20. The van der Waals surface area contributed by atoms with Crippen LogP contribution in [-0.2, 0) is 6.54 Å². The number of hydrogen-bond donors (Lipinski definition) is 1. The Bertz CT molecular complexity index is 478. The number of hydrogen-bond acceptors (Lipinski definition) is 3. The van der Waals surface area contributed by atoms with E-state index in [4.69, 9.17) is 0 Å². The molecule has 0 bridgehead atoms. The maximum atomic E-state index is 9.81. The van der Waals surface area contributed by atoms with Crippen molar-refractivity contribution >= 4 is 17.0 Å². The van der Waals surface area contributed by atoms with E-state index in [9.17, 15) is 5.11 Å². The van der Waals surface area contributed by atoms with E-state index in [0.717, 1.165) is 25.1 Å². The molecule has 0 fully saturated rings. The summed E-state index contributed by atoms with van der Waals surface area (Å²) in [6, 6.07) is 12.5. The summed E-state index contributed by atoms with van der Waals surface area (Å²) in [5.41, 5.74) is 2.21. The van der Waals surface area contributed by atoms with Gasteiger partial charge in [-0.3, -0.25) is 0 Å². The Hall–Kier alpha value is -1.32. The number of aliphatic hydroxyl groups excluding tert-OH is 1. The highest BCUT2D eigenvalue weighted by molar-refractivity contribution is 7.09. The Morgan fingerprint density at radius 2 is 1.89 bits per heavy atom. The summed E-state index contributed by atoms with van der Waals surface area (Å²) in [6.07, 6.45) is 0.410. The first kappa shape index (κ1) is 14.1. The monoisotopic (exact) mass is 275 g/mol. The van der Waals surface area contributed by atoms with Gasteiger partial charge in [0.15, 0.2) is 0 Å². The summed E-state index contributed by atoms with van der Waals surface area (Å²) in [7, 11) is 0. The van der Waals surface area contributed by atoms with Crippen LogP contribution in [0.15, 0.2) is 41.8 Å². The number of nitrogens with zero attached hydrogens (tertiary/aromatic N) is 1. The maximum absolute atomic E-state index is 9.81. The minimum Gasteiger partial charge on any atom is -0.388 e. The van der Waals surface area contributed by atoms with Gasteiger partial charge in [-0.1, -0.05) is 25.1 Å². The van der Waals surface area contributed by atoms with E-state index in [0.29, 0.717) is 0 Å². The number of rotatable bonds is 6. The van der Waals surface area contributed by atoms with Gasteiger partial charge in [0.05, 0.1) is 12.6 Å². The average Bonchev–Trinajstić information content (AvgIpc) is 2.97. The Balaban J connectivity index is 2.10. The van der Waals surface area contributed by atoms with Crippen molar-refractivity contribution in [2.75, 3.05) is 11.4 Å². The predicted molar refractivity (Wildman–Crippen MR) is 82.7 cm³/mol. The van der Waals surface area contributed by atoms with E-state index >= 15 is 0 Å². The zero-order valence-electron chi connectivity index (χ0n) is 11.5. The molecule has 0 saturated carbocycles. The third-order valence-electron chi connectivity index (χ3n) is 3.34. The summed E-state index contributed by atoms with van der Waals surface area (Å²) >= 11 is 1.79. The first-order valence-electron chi connectivity index (χ1n) is 6.80. The molecule has 1 aromatic heterocycles. The summed E-state index contributed by atoms with van der Waals surface area (Å²) < 4.78 is 0. The third kappa shape index (κ3) is 3.58. The maximum Gasteiger partial charge on any atom is 0.0787 e. The van der Waals surface area contributed by atoms with E-state index in [1.54, 1.807) is 11.3 Å². The molecular formula is C16H21NOS. The molecule has 0 aliphatic rings. The lowest BCUT2D eigenvalue weighted by molar-refractivity contribution is 0.173. The number of anilines is 1. The number of benzene rings is 1. The fourth-order valence-corrected chi connectivity index (χ4v) is 2.84. The van der Waals surface area contributed by atoms with Crippen LogP contribution in [0.2, 0.25) is 0 Å². The van der Waals surface area contributed by atoms with Crippen LogP contribution < -0.4 is 4.90 Å². The highest BCUT2D eigenvalue weighted by atomic mass is 32.1. The van der Waals surface area contributed by atoms with Gasteiger partial charge in [0.2, 0.25) is 0 Å². The smallest absolute Gasteiger partial charge is 0.0787 e. The Kier molecular flexibility index (Phi) is 5.00. The molecule has 2 aromatic rings. The molecule has 102 valence electrons. The Labute approximate surface area is 119 Å². The van der Waals surface area contributed by atoms with Gasteiger partial charge in [-0.15, -0.1) is 11.3 Å². The molecule has 1 heterocycles. The topological polar surface area (TPSA) is 23.5 Å². The second-order valence-corrected chi connectivity index (χ2v) is 5.64. The quantitative estimate of drug-likeness (QED) is 0.853. The van der Waals surface area contributed by atoms with Crippen LogP contribution in [0.1, 0.15) is 36.8 Å². The van der Waals surface area contributed by atoms with Crippen molar-refractivity contribution in [3.05, 3.63) is 52.2 Å². The molecule has 2 rings (SSSR count). The average molecular weight is 275 g/mol. The van der Waals surface area contributed by atoms with Crippen LogP contribution in [0.25, 0.3) is 0 Å². The minimum atomic E-state index is -0.346. The zero-order chi connectivity index (χ0) is 13.7. The van der Waals surface area contributed by atoms with E-state index < -0.39 is 0 Å². The molecule has 1 aromatic carbocycles. The molecule has 0 amide bonds. The molecule has 0 aliphatic carbocycles. The largest absolute Gasteiger partial charge is 0.388 e.